The molecule has 0 amide bonds. The van der Waals surface area contributed by atoms with Crippen molar-refractivity contribution >= 4 is 17.2 Å². The number of hydrogen-bond donors (Lipinski definition) is 0. The summed E-state index contributed by atoms with van der Waals surface area (Å²) in [7, 11) is 0. The van der Waals surface area contributed by atoms with Crippen LogP contribution < -0.4 is 0 Å². The molecule has 0 unspecified atom stereocenters. The van der Waals surface area contributed by atoms with Crippen LogP contribution in [0.5, 0.6) is 0 Å². The van der Waals surface area contributed by atoms with E-state index in [1.54, 1.807) is 12.1 Å². The second-order valence-electron chi connectivity index (χ2n) is 4.43. The molecular formula is C17H10N2O. The first-order valence-corrected chi connectivity index (χ1v) is 6.17. The smallest absolute Gasteiger partial charge is 0.150 e. The van der Waals surface area contributed by atoms with Gasteiger partial charge in [0.05, 0.1) is 16.8 Å². The van der Waals surface area contributed by atoms with Gasteiger partial charge in [0.25, 0.3) is 0 Å². The Labute approximate surface area is 116 Å². The number of pyridine rings is 1. The Morgan fingerprint density at radius 1 is 1.05 bits per heavy atom. The third kappa shape index (κ3) is 2.04. The molecular weight excluding hydrogens is 248 g/mol. The summed E-state index contributed by atoms with van der Waals surface area (Å²) in [6.07, 6.45) is 0.794. The average molecular weight is 258 g/mol. The van der Waals surface area contributed by atoms with E-state index in [4.69, 9.17) is 0 Å². The SMILES string of the molecule is N#Cc1cc2ccccc2nc1-c1ccc(C=O)cc1. The first-order chi connectivity index (χ1) is 9.81. The minimum Gasteiger partial charge on any atom is -0.298 e. The Kier molecular flexibility index (Phi) is 2.98. The maximum absolute atomic E-state index is 10.7. The average Bonchev–Trinajstić information content (AvgIpc) is 2.53. The van der Waals surface area contributed by atoms with Gasteiger partial charge in [-0.25, -0.2) is 4.98 Å². The maximum atomic E-state index is 10.7. The van der Waals surface area contributed by atoms with Gasteiger partial charge in [0.2, 0.25) is 0 Å². The molecule has 1 aromatic heterocycles. The lowest BCUT2D eigenvalue weighted by molar-refractivity contribution is 0.112. The van der Waals surface area contributed by atoms with Gasteiger partial charge in [-0.15, -0.1) is 0 Å². The summed E-state index contributed by atoms with van der Waals surface area (Å²) < 4.78 is 0. The van der Waals surface area contributed by atoms with Crippen molar-refractivity contribution < 1.29 is 4.79 Å². The molecule has 3 aromatic rings. The van der Waals surface area contributed by atoms with Crippen molar-refractivity contribution in [1.29, 1.82) is 5.26 Å². The third-order valence-corrected chi connectivity index (χ3v) is 3.16. The molecule has 0 bridgehead atoms. The molecule has 20 heavy (non-hydrogen) atoms. The first-order valence-electron chi connectivity index (χ1n) is 6.17. The molecule has 3 nitrogen and oxygen atoms in total. The fourth-order valence-corrected chi connectivity index (χ4v) is 2.14. The van der Waals surface area contributed by atoms with Crippen molar-refractivity contribution in [2.24, 2.45) is 0 Å². The molecule has 0 spiro atoms. The molecule has 94 valence electrons. The molecule has 2 aromatic carbocycles. The van der Waals surface area contributed by atoms with Crippen LogP contribution in [0.25, 0.3) is 22.2 Å². The highest BCUT2D eigenvalue weighted by Gasteiger charge is 2.08. The lowest BCUT2D eigenvalue weighted by atomic mass is 10.0. The molecule has 0 saturated carbocycles. The Hall–Kier alpha value is -2.99. The zero-order valence-electron chi connectivity index (χ0n) is 10.6. The van der Waals surface area contributed by atoms with E-state index in [-0.39, 0.29) is 0 Å². The number of hydrogen-bond acceptors (Lipinski definition) is 3. The van der Waals surface area contributed by atoms with Crippen LogP contribution in [-0.2, 0) is 0 Å². The zero-order valence-corrected chi connectivity index (χ0v) is 10.6. The van der Waals surface area contributed by atoms with E-state index in [1.807, 2.05) is 42.5 Å². The molecule has 3 rings (SSSR count). The van der Waals surface area contributed by atoms with E-state index in [0.717, 1.165) is 22.8 Å². The number of rotatable bonds is 2. The second kappa shape index (κ2) is 4.94. The fraction of sp³-hybridized carbons (Fsp3) is 0. The molecule has 0 atom stereocenters. The number of nitrogens with zero attached hydrogens (tertiary/aromatic N) is 2. The summed E-state index contributed by atoms with van der Waals surface area (Å²) in [6.45, 7) is 0. The van der Waals surface area contributed by atoms with Crippen LogP contribution in [-0.4, -0.2) is 11.3 Å². The van der Waals surface area contributed by atoms with E-state index in [0.29, 0.717) is 16.8 Å². The Bertz CT molecular complexity index is 830. The molecule has 0 radical (unpaired) electrons. The van der Waals surface area contributed by atoms with Crippen LogP contribution in [0.15, 0.2) is 54.6 Å². The highest BCUT2D eigenvalue weighted by atomic mass is 16.1. The Balaban J connectivity index is 2.23. The highest BCUT2D eigenvalue weighted by Crippen LogP contribution is 2.25. The molecule has 0 aliphatic rings. The van der Waals surface area contributed by atoms with Crippen molar-refractivity contribution in [3.63, 3.8) is 0 Å². The van der Waals surface area contributed by atoms with Crippen LogP contribution in [0.2, 0.25) is 0 Å². The predicted molar refractivity (Wildman–Crippen MR) is 77.3 cm³/mol. The molecule has 3 heteroatoms. The van der Waals surface area contributed by atoms with E-state index < -0.39 is 0 Å². The number of aldehydes is 1. The number of fused-ring (bicyclic) bond motifs is 1. The van der Waals surface area contributed by atoms with Crippen molar-refractivity contribution in [3.8, 4) is 17.3 Å². The quantitative estimate of drug-likeness (QED) is 0.660. The van der Waals surface area contributed by atoms with Crippen LogP contribution >= 0.6 is 0 Å². The normalized spacial score (nSPS) is 10.2. The van der Waals surface area contributed by atoms with Gasteiger partial charge in [-0.3, -0.25) is 4.79 Å². The van der Waals surface area contributed by atoms with Crippen molar-refractivity contribution in [2.75, 3.05) is 0 Å². The lowest BCUT2D eigenvalue weighted by Gasteiger charge is -2.06. The van der Waals surface area contributed by atoms with Gasteiger partial charge in [0, 0.05) is 16.5 Å². The van der Waals surface area contributed by atoms with Gasteiger partial charge < -0.3 is 0 Å². The molecule has 0 aliphatic heterocycles. The van der Waals surface area contributed by atoms with Crippen LogP contribution in [0, 0.1) is 11.3 Å². The highest BCUT2D eigenvalue weighted by molar-refractivity contribution is 5.85. The van der Waals surface area contributed by atoms with Gasteiger partial charge in [-0.2, -0.15) is 5.26 Å². The molecule has 0 fully saturated rings. The molecule has 1 heterocycles. The maximum Gasteiger partial charge on any atom is 0.150 e. The molecule has 0 saturated heterocycles. The van der Waals surface area contributed by atoms with Gasteiger partial charge in [-0.1, -0.05) is 42.5 Å². The summed E-state index contributed by atoms with van der Waals surface area (Å²) in [4.78, 5) is 15.2. The van der Waals surface area contributed by atoms with E-state index in [2.05, 4.69) is 11.1 Å². The second-order valence-corrected chi connectivity index (χ2v) is 4.43. The zero-order chi connectivity index (χ0) is 13.9. The van der Waals surface area contributed by atoms with Gasteiger partial charge >= 0.3 is 0 Å². The Morgan fingerprint density at radius 3 is 2.50 bits per heavy atom. The van der Waals surface area contributed by atoms with Gasteiger partial charge in [0.15, 0.2) is 0 Å². The number of carbonyl (C=O) groups excluding carboxylic acids is 1. The van der Waals surface area contributed by atoms with Gasteiger partial charge in [0.1, 0.15) is 12.4 Å². The van der Waals surface area contributed by atoms with E-state index in [1.165, 1.54) is 0 Å². The van der Waals surface area contributed by atoms with Crippen LogP contribution in [0.4, 0.5) is 0 Å². The number of aromatic nitrogens is 1. The van der Waals surface area contributed by atoms with Crippen molar-refractivity contribution in [2.45, 2.75) is 0 Å². The molecule has 0 aliphatic carbocycles. The van der Waals surface area contributed by atoms with Crippen LogP contribution in [0.3, 0.4) is 0 Å². The topological polar surface area (TPSA) is 53.8 Å². The largest absolute Gasteiger partial charge is 0.298 e. The minimum absolute atomic E-state index is 0.530. The fourth-order valence-electron chi connectivity index (χ4n) is 2.14. The summed E-state index contributed by atoms with van der Waals surface area (Å²) >= 11 is 0. The third-order valence-electron chi connectivity index (χ3n) is 3.16. The van der Waals surface area contributed by atoms with Crippen molar-refractivity contribution in [3.05, 3.63) is 65.7 Å². The number of nitriles is 1. The van der Waals surface area contributed by atoms with E-state index >= 15 is 0 Å². The summed E-state index contributed by atoms with van der Waals surface area (Å²) in [5.41, 5.74) is 3.46. The standard InChI is InChI=1S/C17H10N2O/c18-10-15-9-14-3-1-2-4-16(14)19-17(15)13-7-5-12(11-20)6-8-13/h1-9,11H. The number of carbonyl (C=O) groups is 1. The monoisotopic (exact) mass is 258 g/mol. The molecule has 0 N–H and O–H groups in total. The number of para-hydroxylation sites is 1. The van der Waals surface area contributed by atoms with Crippen molar-refractivity contribution in [1.82, 2.24) is 4.98 Å². The van der Waals surface area contributed by atoms with Gasteiger partial charge in [-0.05, 0) is 12.1 Å². The summed E-state index contributed by atoms with van der Waals surface area (Å²) in [5.74, 6) is 0. The summed E-state index contributed by atoms with van der Waals surface area (Å²) in [5, 5.41) is 10.2. The summed E-state index contributed by atoms with van der Waals surface area (Å²) in [6, 6.07) is 18.8. The predicted octanol–water partition coefficient (Wildman–Crippen LogP) is 3.59. The first kappa shape index (κ1) is 12.1. The minimum atomic E-state index is 0.530. The lowest BCUT2D eigenvalue weighted by Crippen LogP contribution is -1.91. The van der Waals surface area contributed by atoms with E-state index in [9.17, 15) is 10.1 Å². The van der Waals surface area contributed by atoms with Crippen LogP contribution in [0.1, 0.15) is 15.9 Å². The Morgan fingerprint density at radius 2 is 1.80 bits per heavy atom. The number of benzene rings is 2.